The van der Waals surface area contributed by atoms with Crippen LogP contribution in [0.25, 0.3) is 0 Å². The van der Waals surface area contributed by atoms with Crippen molar-refractivity contribution in [1.29, 1.82) is 5.41 Å². The minimum atomic E-state index is 0.639. The highest BCUT2D eigenvalue weighted by Crippen LogP contribution is 1.53. The summed E-state index contributed by atoms with van der Waals surface area (Å²) in [5, 5.41) is 5.50. The van der Waals surface area contributed by atoms with Gasteiger partial charge >= 0.3 is 0 Å². The zero-order chi connectivity index (χ0) is 8.83. The quantitative estimate of drug-likeness (QED) is 0.472. The smallest absolute Gasteiger partial charge is 0.119 e. The Labute approximate surface area is 61.9 Å². The summed E-state index contributed by atoms with van der Waals surface area (Å²) in [5.74, 6) is 0. The average molecular weight is 145 g/mol. The highest BCUT2D eigenvalue weighted by molar-refractivity contribution is 5.48. The maximum Gasteiger partial charge on any atom is 0.119 e. The summed E-state index contributed by atoms with van der Waals surface area (Å²) in [4.78, 5) is 18.3. The second-order valence-electron chi connectivity index (χ2n) is 1.15. The predicted octanol–water partition coefficient (Wildman–Crippen LogP) is 1.46. The lowest BCUT2D eigenvalue weighted by atomic mass is 10.6. The van der Waals surface area contributed by atoms with E-state index in [0.29, 0.717) is 12.8 Å². The van der Waals surface area contributed by atoms with Crippen molar-refractivity contribution >= 4 is 19.3 Å². The Morgan fingerprint density at radius 2 is 1.20 bits per heavy atom. The van der Waals surface area contributed by atoms with E-state index in [-0.39, 0.29) is 0 Å². The zero-order valence-electron chi connectivity index (χ0n) is 6.59. The van der Waals surface area contributed by atoms with Crippen molar-refractivity contribution in [2.24, 2.45) is 0 Å². The first-order valence-corrected chi connectivity index (χ1v) is 3.06. The number of hydrogen-bond donors (Lipinski definition) is 1. The molecule has 0 aliphatic heterocycles. The van der Waals surface area contributed by atoms with Gasteiger partial charge in [-0.2, -0.15) is 0 Å². The van der Waals surface area contributed by atoms with Crippen molar-refractivity contribution in [3.8, 4) is 0 Å². The molecule has 1 N–H and O–H groups in total. The Balaban J connectivity index is -0.0000000787. The molecule has 0 aliphatic rings. The molecule has 0 unspecified atom stereocenters. The van der Waals surface area contributed by atoms with Gasteiger partial charge in [0.15, 0.2) is 0 Å². The van der Waals surface area contributed by atoms with Crippen LogP contribution >= 0.6 is 0 Å². The van der Waals surface area contributed by atoms with Crippen molar-refractivity contribution in [2.45, 2.75) is 26.7 Å². The van der Waals surface area contributed by atoms with Gasteiger partial charge in [0.1, 0.15) is 12.6 Å². The van der Waals surface area contributed by atoms with E-state index in [1.807, 2.05) is 13.8 Å². The van der Waals surface area contributed by atoms with Crippen LogP contribution in [0.15, 0.2) is 0 Å². The maximum atomic E-state index is 9.17. The zero-order valence-corrected chi connectivity index (χ0v) is 6.59. The molecule has 0 saturated carbocycles. The molecule has 0 heterocycles. The van der Waals surface area contributed by atoms with Crippen molar-refractivity contribution < 1.29 is 9.59 Å². The molecule has 0 bridgehead atoms. The van der Waals surface area contributed by atoms with Crippen molar-refractivity contribution in [3.05, 3.63) is 0 Å². The normalized spacial score (nSPS) is 5.40. The van der Waals surface area contributed by atoms with Crippen LogP contribution in [0.1, 0.15) is 26.7 Å². The van der Waals surface area contributed by atoms with Gasteiger partial charge in [0.05, 0.1) is 0 Å². The van der Waals surface area contributed by atoms with Gasteiger partial charge < -0.3 is 15.0 Å². The summed E-state index contributed by atoms with van der Waals surface area (Å²) in [7, 11) is 0. The fraction of sp³-hybridized carbons (Fsp3) is 0.571. The Kier molecular flexibility index (Phi) is 69.5. The van der Waals surface area contributed by atoms with E-state index in [1.165, 1.54) is 0 Å². The molecule has 0 aromatic rings. The lowest BCUT2D eigenvalue weighted by molar-refractivity contribution is -0.108. The largest absolute Gasteiger partial charge is 0.317 e. The Morgan fingerprint density at radius 3 is 1.20 bits per heavy atom. The van der Waals surface area contributed by atoms with E-state index in [0.717, 1.165) is 12.6 Å². The molecule has 60 valence electrons. The third-order valence-corrected chi connectivity index (χ3v) is 0.333. The van der Waals surface area contributed by atoms with Crippen LogP contribution in [0.5, 0.6) is 0 Å². The number of rotatable bonds is 2. The summed E-state index contributed by atoms with van der Waals surface area (Å²) in [6.07, 6.45) is 3.03. The van der Waals surface area contributed by atoms with Crippen LogP contribution in [0, 0.1) is 5.41 Å². The Morgan fingerprint density at radius 1 is 1.10 bits per heavy atom. The molecule has 3 heteroatoms. The van der Waals surface area contributed by atoms with Crippen LogP contribution in [0.3, 0.4) is 0 Å². The highest BCUT2D eigenvalue weighted by Gasteiger charge is 1.53. The molecule has 0 aliphatic carbocycles. The van der Waals surface area contributed by atoms with Crippen molar-refractivity contribution in [3.63, 3.8) is 0 Å². The molecular formula is C7H15NO2. The van der Waals surface area contributed by atoms with Gasteiger partial charge in [-0.05, 0) is 6.72 Å². The lowest BCUT2D eigenvalue weighted by Gasteiger charge is -1.51. The molecule has 0 aromatic heterocycles. The molecule has 0 radical (unpaired) electrons. The molecular weight excluding hydrogens is 130 g/mol. The first-order chi connectivity index (χ1) is 4.83. The standard InChI is InChI=1S/2C3H6O.CH3N/c2*1-2-3-4;1-2/h2*3H,2H2,1H3;2H,1H2. The van der Waals surface area contributed by atoms with Gasteiger partial charge in [0.25, 0.3) is 0 Å². The third-order valence-electron chi connectivity index (χ3n) is 0.333. The van der Waals surface area contributed by atoms with E-state index >= 15 is 0 Å². The van der Waals surface area contributed by atoms with Crippen LogP contribution in [-0.4, -0.2) is 19.3 Å². The van der Waals surface area contributed by atoms with E-state index < -0.39 is 0 Å². The van der Waals surface area contributed by atoms with E-state index in [1.54, 1.807) is 0 Å². The van der Waals surface area contributed by atoms with Gasteiger partial charge in [-0.25, -0.2) is 0 Å². The van der Waals surface area contributed by atoms with E-state index in [2.05, 4.69) is 6.72 Å². The Bertz CT molecular complexity index is 56.6. The topological polar surface area (TPSA) is 58.0 Å². The number of hydrogen-bond acceptors (Lipinski definition) is 3. The van der Waals surface area contributed by atoms with Gasteiger partial charge in [-0.3, -0.25) is 0 Å². The minimum absolute atomic E-state index is 0.639. The van der Waals surface area contributed by atoms with Crippen LogP contribution in [0.2, 0.25) is 0 Å². The third kappa shape index (κ3) is 248. The fourth-order valence-electron chi connectivity index (χ4n) is 0. The molecule has 10 heavy (non-hydrogen) atoms. The summed E-state index contributed by atoms with van der Waals surface area (Å²) in [5.41, 5.74) is 0. The lowest BCUT2D eigenvalue weighted by Crippen LogP contribution is -1.55. The predicted molar refractivity (Wildman–Crippen MR) is 42.6 cm³/mol. The van der Waals surface area contributed by atoms with Gasteiger partial charge in [-0.15, -0.1) is 0 Å². The summed E-state index contributed by atoms with van der Waals surface area (Å²) in [6, 6.07) is 0. The van der Waals surface area contributed by atoms with Crippen molar-refractivity contribution in [1.82, 2.24) is 0 Å². The number of carbonyl (C=O) groups is 2. The molecule has 0 spiro atoms. The maximum absolute atomic E-state index is 9.17. The fourth-order valence-corrected chi connectivity index (χ4v) is 0. The van der Waals surface area contributed by atoms with E-state index in [4.69, 9.17) is 5.41 Å². The molecule has 0 atom stereocenters. The van der Waals surface area contributed by atoms with E-state index in [9.17, 15) is 9.59 Å². The monoisotopic (exact) mass is 145 g/mol. The molecule has 0 rings (SSSR count). The molecule has 3 nitrogen and oxygen atoms in total. The van der Waals surface area contributed by atoms with Crippen LogP contribution in [0.4, 0.5) is 0 Å². The molecule has 0 amide bonds. The van der Waals surface area contributed by atoms with Gasteiger partial charge in [-0.1, -0.05) is 13.8 Å². The number of carbonyl (C=O) groups excluding carboxylic acids is 2. The van der Waals surface area contributed by atoms with Crippen molar-refractivity contribution in [2.75, 3.05) is 0 Å². The molecule has 0 aromatic carbocycles. The van der Waals surface area contributed by atoms with Crippen LogP contribution < -0.4 is 0 Å². The highest BCUT2D eigenvalue weighted by atomic mass is 16.1. The van der Waals surface area contributed by atoms with Gasteiger partial charge in [0.2, 0.25) is 0 Å². The summed E-state index contributed by atoms with van der Waals surface area (Å²) < 4.78 is 0. The van der Waals surface area contributed by atoms with Gasteiger partial charge in [0, 0.05) is 12.8 Å². The minimum Gasteiger partial charge on any atom is -0.317 e. The molecule has 0 fully saturated rings. The second kappa shape index (κ2) is 43.4. The SMILES string of the molecule is C=N.CCC=O.CCC=O. The summed E-state index contributed by atoms with van der Waals surface area (Å²) >= 11 is 0. The molecule has 0 saturated heterocycles. The first kappa shape index (κ1) is 16.0. The second-order valence-corrected chi connectivity index (χ2v) is 1.15. The number of nitrogens with one attached hydrogen (secondary N) is 1. The average Bonchev–Trinajstić information content (AvgIpc) is 2.08. The Hall–Kier alpha value is -0.990. The first-order valence-electron chi connectivity index (χ1n) is 3.06. The van der Waals surface area contributed by atoms with Crippen LogP contribution in [-0.2, 0) is 9.59 Å². The summed E-state index contributed by atoms with van der Waals surface area (Å²) in [6.45, 7) is 6.12. The number of aldehydes is 2.